The van der Waals surface area contributed by atoms with E-state index in [4.69, 9.17) is 4.52 Å². The molecule has 0 saturated heterocycles. The van der Waals surface area contributed by atoms with Crippen LogP contribution in [0.5, 0.6) is 0 Å². The molecule has 0 aliphatic rings. The summed E-state index contributed by atoms with van der Waals surface area (Å²) in [7, 11) is -4.03. The second-order valence-corrected chi connectivity index (χ2v) is 6.63. The molecule has 0 aliphatic carbocycles. The average molecular weight is 321 g/mol. The second-order valence-electron chi connectivity index (χ2n) is 4.70. The van der Waals surface area contributed by atoms with Crippen LogP contribution in [0.2, 0.25) is 0 Å². The van der Waals surface area contributed by atoms with Crippen molar-refractivity contribution in [2.75, 3.05) is 6.16 Å². The van der Waals surface area contributed by atoms with E-state index < -0.39 is 19.7 Å². The molecule has 2 unspecified atom stereocenters. The third-order valence-corrected chi connectivity index (χ3v) is 4.36. The third-order valence-electron chi connectivity index (χ3n) is 3.03. The number of rotatable bonds is 7. The van der Waals surface area contributed by atoms with Gasteiger partial charge >= 0.3 is 13.6 Å². The molecule has 1 aromatic heterocycles. The van der Waals surface area contributed by atoms with Crippen LogP contribution in [-0.2, 0) is 20.3 Å². The van der Waals surface area contributed by atoms with Gasteiger partial charge in [0, 0.05) is 12.4 Å². The fourth-order valence-corrected chi connectivity index (χ4v) is 3.10. The molecular weight excluding hydrogens is 305 g/mol. The van der Waals surface area contributed by atoms with Gasteiger partial charge < -0.3 is 10.00 Å². The molecule has 0 spiro atoms. The first-order chi connectivity index (χ1) is 10.5. The average Bonchev–Trinajstić information content (AvgIpc) is 2.52. The lowest BCUT2D eigenvalue weighted by Gasteiger charge is -2.18. The van der Waals surface area contributed by atoms with Crippen LogP contribution in [0.3, 0.4) is 0 Å². The molecule has 22 heavy (non-hydrogen) atoms. The minimum Gasteiger partial charge on any atom is -0.479 e. The number of aliphatic carboxylic acids is 1. The number of carbonyl (C=O) groups is 1. The number of benzene rings is 1. The first-order valence-electron chi connectivity index (χ1n) is 6.65. The molecule has 2 atom stereocenters. The maximum absolute atomic E-state index is 12.1. The van der Waals surface area contributed by atoms with Gasteiger partial charge in [0.2, 0.25) is 0 Å². The molecule has 1 heterocycles. The van der Waals surface area contributed by atoms with Crippen LogP contribution in [0, 0.1) is 0 Å². The van der Waals surface area contributed by atoms with E-state index >= 15 is 0 Å². The number of carboxylic acids is 1. The van der Waals surface area contributed by atoms with Crippen molar-refractivity contribution in [2.45, 2.75) is 12.5 Å². The highest BCUT2D eigenvalue weighted by Crippen LogP contribution is 2.47. The number of nitrogens with zero attached hydrogens (tertiary/aromatic N) is 1. The monoisotopic (exact) mass is 321 g/mol. The van der Waals surface area contributed by atoms with Crippen molar-refractivity contribution < 1.29 is 23.9 Å². The smallest absolute Gasteiger partial charge is 0.338 e. The van der Waals surface area contributed by atoms with Gasteiger partial charge in [0.1, 0.15) is 0 Å². The summed E-state index contributed by atoms with van der Waals surface area (Å²) in [4.78, 5) is 25.1. The van der Waals surface area contributed by atoms with Gasteiger partial charge in [0.25, 0.3) is 0 Å². The van der Waals surface area contributed by atoms with Crippen LogP contribution < -0.4 is 0 Å². The van der Waals surface area contributed by atoms with E-state index in [1.54, 1.807) is 54.9 Å². The summed E-state index contributed by atoms with van der Waals surface area (Å²) in [6.45, 7) is 0. The van der Waals surface area contributed by atoms with Crippen LogP contribution in [0.1, 0.15) is 17.2 Å². The number of hydrogen-bond acceptors (Lipinski definition) is 4. The van der Waals surface area contributed by atoms with E-state index in [1.807, 2.05) is 0 Å². The Morgan fingerprint density at radius 3 is 2.41 bits per heavy atom. The van der Waals surface area contributed by atoms with Crippen LogP contribution in [0.15, 0.2) is 54.9 Å². The Labute approximate surface area is 127 Å². The van der Waals surface area contributed by atoms with Crippen molar-refractivity contribution in [1.82, 2.24) is 4.98 Å². The molecule has 0 amide bonds. The fourth-order valence-electron chi connectivity index (χ4n) is 1.91. The van der Waals surface area contributed by atoms with Gasteiger partial charge in [-0.25, -0.2) is 4.79 Å². The van der Waals surface area contributed by atoms with E-state index in [0.717, 1.165) is 5.56 Å². The zero-order valence-electron chi connectivity index (χ0n) is 11.7. The Morgan fingerprint density at radius 1 is 1.18 bits per heavy atom. The number of pyridine rings is 1. The van der Waals surface area contributed by atoms with Crippen LogP contribution >= 0.6 is 7.60 Å². The maximum atomic E-state index is 12.1. The Kier molecular flexibility index (Phi) is 5.44. The molecular formula is C15H16NO5P. The Morgan fingerprint density at radius 2 is 1.82 bits per heavy atom. The molecule has 0 fully saturated rings. The maximum Gasteiger partial charge on any atom is 0.338 e. The van der Waals surface area contributed by atoms with Crippen LogP contribution in [0.4, 0.5) is 0 Å². The van der Waals surface area contributed by atoms with Gasteiger partial charge in [-0.2, -0.15) is 0 Å². The van der Waals surface area contributed by atoms with E-state index in [1.165, 1.54) is 0 Å². The first-order valence-corrected chi connectivity index (χ1v) is 8.41. The SMILES string of the molecule is O=C(O)C(OP(=O)(O)CCc1ccncc1)c1ccccc1. The predicted molar refractivity (Wildman–Crippen MR) is 80.5 cm³/mol. The lowest BCUT2D eigenvalue weighted by molar-refractivity contribution is -0.145. The first kappa shape index (κ1) is 16.4. The molecule has 0 radical (unpaired) electrons. The fraction of sp³-hybridized carbons (Fsp3) is 0.200. The number of carboxylic acid groups (broad SMARTS) is 1. The molecule has 2 aromatic rings. The van der Waals surface area contributed by atoms with E-state index in [9.17, 15) is 19.4 Å². The van der Waals surface area contributed by atoms with Crippen molar-refractivity contribution in [3.8, 4) is 0 Å². The summed E-state index contributed by atoms with van der Waals surface area (Å²) in [6.07, 6.45) is 1.85. The number of aromatic nitrogens is 1. The Balaban J connectivity index is 2.05. The highest BCUT2D eigenvalue weighted by atomic mass is 31.2. The molecule has 2 rings (SSSR count). The standard InChI is InChI=1S/C15H16NO5P/c17-15(18)14(13-4-2-1-3-5-13)21-22(19,20)11-8-12-6-9-16-10-7-12/h1-7,9-10,14H,8,11H2,(H,17,18)(H,19,20). The molecule has 0 saturated carbocycles. The summed E-state index contributed by atoms with van der Waals surface area (Å²) in [5.41, 5.74) is 1.16. The minimum atomic E-state index is -4.03. The molecule has 1 aromatic carbocycles. The summed E-state index contributed by atoms with van der Waals surface area (Å²) in [6, 6.07) is 11.6. The van der Waals surface area contributed by atoms with E-state index in [2.05, 4.69) is 4.98 Å². The van der Waals surface area contributed by atoms with Crippen molar-refractivity contribution in [3.05, 3.63) is 66.0 Å². The lowest BCUT2D eigenvalue weighted by atomic mass is 10.1. The van der Waals surface area contributed by atoms with Gasteiger partial charge in [-0.05, 0) is 29.7 Å². The summed E-state index contributed by atoms with van der Waals surface area (Å²) in [5, 5.41) is 9.21. The van der Waals surface area contributed by atoms with E-state index in [0.29, 0.717) is 12.0 Å². The second kappa shape index (κ2) is 7.31. The van der Waals surface area contributed by atoms with Crippen molar-refractivity contribution in [3.63, 3.8) is 0 Å². The molecule has 6 nitrogen and oxygen atoms in total. The molecule has 7 heteroatoms. The van der Waals surface area contributed by atoms with Crippen LogP contribution in [-0.4, -0.2) is 27.1 Å². The number of aryl methyl sites for hydroxylation is 1. The van der Waals surface area contributed by atoms with E-state index in [-0.39, 0.29) is 6.16 Å². The van der Waals surface area contributed by atoms with Gasteiger partial charge in [0.05, 0.1) is 6.16 Å². The van der Waals surface area contributed by atoms with Crippen LogP contribution in [0.25, 0.3) is 0 Å². The zero-order chi connectivity index (χ0) is 16.0. The lowest BCUT2D eigenvalue weighted by Crippen LogP contribution is -2.15. The summed E-state index contributed by atoms with van der Waals surface area (Å²) < 4.78 is 17.1. The largest absolute Gasteiger partial charge is 0.479 e. The van der Waals surface area contributed by atoms with Gasteiger partial charge in [-0.1, -0.05) is 30.3 Å². The Hall–Kier alpha value is -2.01. The quantitative estimate of drug-likeness (QED) is 0.761. The van der Waals surface area contributed by atoms with Gasteiger partial charge in [-0.15, -0.1) is 0 Å². The third kappa shape index (κ3) is 4.77. The molecule has 0 aliphatic heterocycles. The van der Waals surface area contributed by atoms with Gasteiger partial charge in [-0.3, -0.25) is 14.1 Å². The molecule has 116 valence electrons. The highest BCUT2D eigenvalue weighted by Gasteiger charge is 2.30. The normalized spacial score (nSPS) is 15.0. The van der Waals surface area contributed by atoms with Crippen molar-refractivity contribution in [1.29, 1.82) is 0 Å². The minimum absolute atomic E-state index is 0.159. The Bertz CT molecular complexity index is 662. The van der Waals surface area contributed by atoms with Crippen molar-refractivity contribution >= 4 is 13.6 Å². The number of hydrogen-bond donors (Lipinski definition) is 2. The summed E-state index contributed by atoms with van der Waals surface area (Å²) >= 11 is 0. The van der Waals surface area contributed by atoms with Gasteiger partial charge in [0.15, 0.2) is 6.10 Å². The zero-order valence-corrected chi connectivity index (χ0v) is 12.6. The highest BCUT2D eigenvalue weighted by molar-refractivity contribution is 7.52. The molecule has 0 bridgehead atoms. The molecule has 2 N–H and O–H groups in total. The predicted octanol–water partition coefficient (Wildman–Crippen LogP) is 2.65. The summed E-state index contributed by atoms with van der Waals surface area (Å²) in [5.74, 6) is -1.30. The van der Waals surface area contributed by atoms with Crippen molar-refractivity contribution in [2.24, 2.45) is 0 Å². The topological polar surface area (TPSA) is 96.7 Å².